The highest BCUT2D eigenvalue weighted by Gasteiger charge is 2.02. The number of aliphatic hydroxyl groups is 1. The third-order valence-electron chi connectivity index (χ3n) is 1.65. The van der Waals surface area contributed by atoms with Crippen LogP contribution in [-0.4, -0.2) is 11.2 Å². The summed E-state index contributed by atoms with van der Waals surface area (Å²) >= 11 is 3.97. The van der Waals surface area contributed by atoms with Gasteiger partial charge in [0.05, 0.1) is 6.10 Å². The molecule has 1 aromatic carbocycles. The number of anilines is 1. The van der Waals surface area contributed by atoms with Gasteiger partial charge >= 0.3 is 0 Å². The van der Waals surface area contributed by atoms with Crippen molar-refractivity contribution in [1.29, 1.82) is 0 Å². The van der Waals surface area contributed by atoms with Crippen LogP contribution in [0.2, 0.25) is 0 Å². The molecule has 1 atom stereocenters. The van der Waals surface area contributed by atoms with Crippen molar-refractivity contribution in [2.24, 2.45) is 0 Å². The maximum absolute atomic E-state index is 9.17. The van der Waals surface area contributed by atoms with E-state index in [0.717, 1.165) is 11.3 Å². The Kier molecular flexibility index (Phi) is 3.44. The Morgan fingerprint density at radius 1 is 1.50 bits per heavy atom. The Labute approximate surface area is 78.2 Å². The number of thiol groups is 1. The lowest BCUT2D eigenvalue weighted by molar-refractivity contribution is 0.195. The molecular formula is C9H13NOS. The van der Waals surface area contributed by atoms with E-state index in [9.17, 15) is 5.11 Å². The molecule has 0 radical (unpaired) electrons. The van der Waals surface area contributed by atoms with Crippen LogP contribution in [0.25, 0.3) is 0 Å². The van der Waals surface area contributed by atoms with E-state index in [-0.39, 0.29) is 6.10 Å². The topological polar surface area (TPSA) is 32.3 Å². The number of rotatable bonds is 3. The first-order valence-electron chi connectivity index (χ1n) is 3.90. The Hall–Kier alpha value is -0.670. The first-order valence-corrected chi connectivity index (χ1v) is 4.35. The molecule has 0 saturated heterocycles. The van der Waals surface area contributed by atoms with Gasteiger partial charge in [-0.3, -0.25) is 0 Å². The smallest absolute Gasteiger partial charge is 0.0553 e. The summed E-state index contributed by atoms with van der Waals surface area (Å²) in [7, 11) is 0. The van der Waals surface area contributed by atoms with Gasteiger partial charge in [-0.2, -0.15) is 0 Å². The van der Waals surface area contributed by atoms with Gasteiger partial charge in [0.1, 0.15) is 0 Å². The van der Waals surface area contributed by atoms with E-state index in [1.165, 1.54) is 0 Å². The molecule has 66 valence electrons. The van der Waals surface area contributed by atoms with Crippen LogP contribution < -0.4 is 4.72 Å². The summed E-state index contributed by atoms with van der Waals surface area (Å²) in [5.74, 6) is 0. The Bertz CT molecular complexity index is 250. The molecule has 0 bridgehead atoms. The second-order valence-corrected chi connectivity index (χ2v) is 3.05. The molecule has 0 aliphatic heterocycles. The van der Waals surface area contributed by atoms with Crippen molar-refractivity contribution >= 4 is 18.5 Å². The van der Waals surface area contributed by atoms with Gasteiger partial charge < -0.3 is 9.83 Å². The zero-order valence-electron chi connectivity index (χ0n) is 6.99. The molecule has 1 unspecified atom stereocenters. The van der Waals surface area contributed by atoms with Crippen molar-refractivity contribution in [3.63, 3.8) is 0 Å². The zero-order chi connectivity index (χ0) is 8.97. The molecule has 0 aliphatic rings. The van der Waals surface area contributed by atoms with Gasteiger partial charge in [-0.15, -0.1) is 0 Å². The van der Waals surface area contributed by atoms with Crippen molar-refractivity contribution in [3.8, 4) is 0 Å². The number of hydrogen-bond donors (Lipinski definition) is 3. The Balaban J connectivity index is 2.82. The predicted molar refractivity (Wildman–Crippen MR) is 54.4 cm³/mol. The van der Waals surface area contributed by atoms with Gasteiger partial charge in [0, 0.05) is 12.1 Å². The first-order chi connectivity index (χ1) is 5.74. The van der Waals surface area contributed by atoms with Crippen molar-refractivity contribution in [1.82, 2.24) is 0 Å². The molecule has 0 aromatic heterocycles. The maximum atomic E-state index is 9.17. The van der Waals surface area contributed by atoms with Crippen LogP contribution in [-0.2, 0) is 6.42 Å². The molecule has 2 nitrogen and oxygen atoms in total. The van der Waals surface area contributed by atoms with Gasteiger partial charge in [0.25, 0.3) is 0 Å². The normalized spacial score (nSPS) is 12.6. The average Bonchev–Trinajstić information content (AvgIpc) is 2.04. The van der Waals surface area contributed by atoms with Crippen molar-refractivity contribution < 1.29 is 5.11 Å². The van der Waals surface area contributed by atoms with E-state index < -0.39 is 0 Å². The fourth-order valence-corrected chi connectivity index (χ4v) is 1.34. The molecule has 2 N–H and O–H groups in total. The fourth-order valence-electron chi connectivity index (χ4n) is 1.13. The van der Waals surface area contributed by atoms with Gasteiger partial charge in [-0.25, -0.2) is 0 Å². The molecule has 0 fully saturated rings. The minimum atomic E-state index is -0.312. The molecule has 0 amide bonds. The third-order valence-corrected chi connectivity index (χ3v) is 1.89. The second kappa shape index (κ2) is 4.38. The van der Waals surface area contributed by atoms with Crippen LogP contribution in [0.3, 0.4) is 0 Å². The highest BCUT2D eigenvalue weighted by Crippen LogP contribution is 2.17. The molecule has 1 aromatic rings. The van der Waals surface area contributed by atoms with Crippen molar-refractivity contribution in [2.75, 3.05) is 4.72 Å². The van der Waals surface area contributed by atoms with Crippen LogP contribution in [0.15, 0.2) is 24.3 Å². The predicted octanol–water partition coefficient (Wildman–Crippen LogP) is 1.87. The fraction of sp³-hybridized carbons (Fsp3) is 0.333. The van der Waals surface area contributed by atoms with E-state index >= 15 is 0 Å². The second-order valence-electron chi connectivity index (χ2n) is 2.82. The summed E-state index contributed by atoms with van der Waals surface area (Å²) < 4.78 is 2.78. The summed E-state index contributed by atoms with van der Waals surface area (Å²) in [5.41, 5.74) is 2.05. The molecule has 12 heavy (non-hydrogen) atoms. The van der Waals surface area contributed by atoms with Crippen LogP contribution in [0.5, 0.6) is 0 Å². The van der Waals surface area contributed by atoms with E-state index in [1.807, 2.05) is 24.3 Å². The monoisotopic (exact) mass is 183 g/mol. The summed E-state index contributed by atoms with van der Waals surface area (Å²) in [6.45, 7) is 1.77. The molecule has 1 rings (SSSR count). The van der Waals surface area contributed by atoms with E-state index in [4.69, 9.17) is 0 Å². The quantitative estimate of drug-likeness (QED) is 0.625. The number of para-hydroxylation sites is 1. The van der Waals surface area contributed by atoms with Gasteiger partial charge in [0.2, 0.25) is 0 Å². The molecule has 0 heterocycles. The Morgan fingerprint density at radius 2 is 2.17 bits per heavy atom. The van der Waals surface area contributed by atoms with Crippen LogP contribution in [0, 0.1) is 0 Å². The summed E-state index contributed by atoms with van der Waals surface area (Å²) in [5, 5.41) is 9.17. The highest BCUT2D eigenvalue weighted by atomic mass is 32.1. The highest BCUT2D eigenvalue weighted by molar-refractivity contribution is 7.81. The first kappa shape index (κ1) is 9.42. The zero-order valence-corrected chi connectivity index (χ0v) is 7.88. The van der Waals surface area contributed by atoms with Crippen molar-refractivity contribution in [2.45, 2.75) is 19.4 Å². The van der Waals surface area contributed by atoms with E-state index in [2.05, 4.69) is 17.5 Å². The van der Waals surface area contributed by atoms with Crippen LogP contribution in [0.4, 0.5) is 5.69 Å². The average molecular weight is 183 g/mol. The number of benzene rings is 1. The number of hydrogen-bond acceptors (Lipinski definition) is 3. The van der Waals surface area contributed by atoms with E-state index in [1.54, 1.807) is 6.92 Å². The van der Waals surface area contributed by atoms with Gasteiger partial charge in [-0.1, -0.05) is 31.0 Å². The SMILES string of the molecule is CC(O)Cc1ccccc1NS. The lowest BCUT2D eigenvalue weighted by Crippen LogP contribution is -2.05. The molecule has 0 spiro atoms. The molecular weight excluding hydrogens is 170 g/mol. The van der Waals surface area contributed by atoms with Crippen LogP contribution >= 0.6 is 12.8 Å². The lowest BCUT2D eigenvalue weighted by atomic mass is 10.1. The summed E-state index contributed by atoms with van der Waals surface area (Å²) in [6, 6.07) is 7.80. The summed E-state index contributed by atoms with van der Waals surface area (Å²) in [6.07, 6.45) is 0.344. The van der Waals surface area contributed by atoms with Crippen LogP contribution in [0.1, 0.15) is 12.5 Å². The third kappa shape index (κ3) is 2.43. The van der Waals surface area contributed by atoms with Gasteiger partial charge in [0.15, 0.2) is 0 Å². The molecule has 0 saturated carbocycles. The largest absolute Gasteiger partial charge is 0.393 e. The molecule has 0 aliphatic carbocycles. The minimum Gasteiger partial charge on any atom is -0.393 e. The standard InChI is InChI=1S/C9H13NOS/c1-7(11)6-8-4-2-3-5-9(8)10-12/h2-5,7,10-12H,6H2,1H3. The minimum absolute atomic E-state index is 0.312. The number of aliphatic hydroxyl groups excluding tert-OH is 1. The summed E-state index contributed by atoms with van der Waals surface area (Å²) in [4.78, 5) is 0. The maximum Gasteiger partial charge on any atom is 0.0553 e. The number of nitrogens with one attached hydrogen (secondary N) is 1. The van der Waals surface area contributed by atoms with Gasteiger partial charge in [-0.05, 0) is 18.6 Å². The Morgan fingerprint density at radius 3 is 2.75 bits per heavy atom. The van der Waals surface area contributed by atoms with E-state index in [0.29, 0.717) is 6.42 Å². The van der Waals surface area contributed by atoms with Crippen molar-refractivity contribution in [3.05, 3.63) is 29.8 Å². The lowest BCUT2D eigenvalue weighted by Gasteiger charge is -2.09. The molecule has 3 heteroatoms.